The lowest BCUT2D eigenvalue weighted by Gasteiger charge is -2.08. The fourth-order valence-electron chi connectivity index (χ4n) is 0.769. The summed E-state index contributed by atoms with van der Waals surface area (Å²) in [6, 6.07) is -1.18. The Labute approximate surface area is 98.2 Å². The van der Waals surface area contributed by atoms with E-state index in [1.54, 1.807) is 0 Å². The van der Waals surface area contributed by atoms with Crippen LogP contribution in [0.15, 0.2) is 0 Å². The average molecular weight is 289 g/mol. The van der Waals surface area contributed by atoms with Gasteiger partial charge >= 0.3 is 21.6 Å². The standard InChI is InChI=1S/C6H6F3N3O5S/c7-6(8,9)18(15,16)17-5-11-3(1-13)10-4(2-14)12-5/h13-14H,1-2H2. The molecule has 1 heterocycles. The van der Waals surface area contributed by atoms with Gasteiger partial charge in [-0.25, -0.2) is 4.98 Å². The second-order valence-corrected chi connectivity index (χ2v) is 4.29. The van der Waals surface area contributed by atoms with E-state index in [0.29, 0.717) is 0 Å². The summed E-state index contributed by atoms with van der Waals surface area (Å²) in [5.74, 6) is -0.886. The van der Waals surface area contributed by atoms with Crippen LogP contribution in [0.3, 0.4) is 0 Å². The monoisotopic (exact) mass is 289 g/mol. The van der Waals surface area contributed by atoms with Crippen molar-refractivity contribution in [3.63, 3.8) is 0 Å². The van der Waals surface area contributed by atoms with E-state index in [1.807, 2.05) is 0 Å². The van der Waals surface area contributed by atoms with Crippen LogP contribution >= 0.6 is 0 Å². The van der Waals surface area contributed by atoms with Crippen molar-refractivity contribution >= 4 is 10.1 Å². The minimum absolute atomic E-state index is 0.443. The fraction of sp³-hybridized carbons (Fsp3) is 0.500. The molecule has 1 aromatic heterocycles. The maximum Gasteiger partial charge on any atom is 0.534 e. The first-order chi connectivity index (χ1) is 8.19. The summed E-state index contributed by atoms with van der Waals surface area (Å²) in [7, 11) is -5.92. The first-order valence-corrected chi connectivity index (χ1v) is 5.56. The van der Waals surface area contributed by atoms with E-state index in [0.717, 1.165) is 0 Å². The van der Waals surface area contributed by atoms with Crippen LogP contribution in [0.25, 0.3) is 0 Å². The maximum absolute atomic E-state index is 12.0. The number of halogens is 3. The van der Waals surface area contributed by atoms with Crippen molar-refractivity contribution in [2.45, 2.75) is 18.7 Å². The number of aliphatic hydroxyl groups excluding tert-OH is 2. The highest BCUT2D eigenvalue weighted by Crippen LogP contribution is 2.25. The van der Waals surface area contributed by atoms with Gasteiger partial charge in [0, 0.05) is 0 Å². The lowest BCUT2D eigenvalue weighted by molar-refractivity contribution is -0.0503. The number of nitrogens with zero attached hydrogens (tertiary/aromatic N) is 3. The Morgan fingerprint density at radius 1 is 1.06 bits per heavy atom. The smallest absolute Gasteiger partial charge is 0.388 e. The van der Waals surface area contributed by atoms with Crippen molar-refractivity contribution in [2.75, 3.05) is 0 Å². The fourth-order valence-corrected chi connectivity index (χ4v) is 1.13. The number of aliphatic hydroxyl groups is 2. The lowest BCUT2D eigenvalue weighted by Crippen LogP contribution is -2.29. The molecular formula is C6H6F3N3O5S. The van der Waals surface area contributed by atoms with Crippen molar-refractivity contribution in [3.8, 4) is 6.01 Å². The molecule has 0 saturated heterocycles. The van der Waals surface area contributed by atoms with Crippen molar-refractivity contribution in [1.29, 1.82) is 0 Å². The Bertz CT molecular complexity index is 510. The Balaban J connectivity index is 3.12. The number of aromatic nitrogens is 3. The van der Waals surface area contributed by atoms with Crippen molar-refractivity contribution < 1.29 is 36.0 Å². The molecule has 0 amide bonds. The predicted octanol–water partition coefficient (Wildman–Crippen LogP) is -0.915. The zero-order valence-corrected chi connectivity index (χ0v) is 9.23. The quantitative estimate of drug-likeness (QED) is 0.539. The number of hydrogen-bond acceptors (Lipinski definition) is 8. The van der Waals surface area contributed by atoms with Crippen LogP contribution in [-0.2, 0) is 23.3 Å². The summed E-state index contributed by atoms with van der Waals surface area (Å²) in [6.45, 7) is -1.59. The Morgan fingerprint density at radius 3 is 1.83 bits per heavy atom. The molecule has 0 radical (unpaired) electrons. The highest BCUT2D eigenvalue weighted by Gasteiger charge is 2.49. The molecule has 1 rings (SSSR count). The van der Waals surface area contributed by atoms with Gasteiger partial charge in [0.15, 0.2) is 11.6 Å². The molecule has 0 saturated carbocycles. The molecule has 0 aromatic carbocycles. The van der Waals surface area contributed by atoms with Gasteiger partial charge in [-0.3, -0.25) is 0 Å². The average Bonchev–Trinajstić information content (AvgIpc) is 2.26. The van der Waals surface area contributed by atoms with Gasteiger partial charge in [0.05, 0.1) is 0 Å². The van der Waals surface area contributed by atoms with Crippen LogP contribution < -0.4 is 4.18 Å². The summed E-state index contributed by atoms with van der Waals surface area (Å²) in [6.07, 6.45) is 0. The molecule has 1 aromatic rings. The third-order valence-electron chi connectivity index (χ3n) is 1.46. The largest absolute Gasteiger partial charge is 0.534 e. The van der Waals surface area contributed by atoms with E-state index >= 15 is 0 Å². The van der Waals surface area contributed by atoms with Crippen LogP contribution in [0.4, 0.5) is 13.2 Å². The first-order valence-electron chi connectivity index (χ1n) is 4.16. The summed E-state index contributed by atoms with van der Waals surface area (Å²) < 4.78 is 60.9. The highest BCUT2D eigenvalue weighted by molar-refractivity contribution is 7.87. The number of hydrogen-bond donors (Lipinski definition) is 2. The third kappa shape index (κ3) is 3.24. The molecule has 8 nitrogen and oxygen atoms in total. The van der Waals surface area contributed by atoms with Crippen LogP contribution in [-0.4, -0.2) is 39.1 Å². The Morgan fingerprint density at radius 2 is 1.50 bits per heavy atom. The Kier molecular flexibility index (Phi) is 4.03. The highest BCUT2D eigenvalue weighted by atomic mass is 32.2. The zero-order chi connectivity index (χ0) is 14.0. The second-order valence-electron chi connectivity index (χ2n) is 2.75. The van der Waals surface area contributed by atoms with Gasteiger partial charge in [0.2, 0.25) is 0 Å². The molecule has 0 aliphatic rings. The van der Waals surface area contributed by atoms with E-state index in [9.17, 15) is 21.6 Å². The first kappa shape index (κ1) is 14.5. The Hall–Kier alpha value is -1.53. The molecule has 0 spiro atoms. The van der Waals surface area contributed by atoms with Crippen molar-refractivity contribution in [3.05, 3.63) is 11.6 Å². The van der Waals surface area contributed by atoms with Crippen LogP contribution in [0.1, 0.15) is 11.6 Å². The minimum Gasteiger partial charge on any atom is -0.388 e. The molecule has 0 unspecified atom stereocenters. The molecule has 18 heavy (non-hydrogen) atoms. The van der Waals surface area contributed by atoms with Crippen molar-refractivity contribution in [2.24, 2.45) is 0 Å². The van der Waals surface area contributed by atoms with Gasteiger partial charge in [-0.05, 0) is 0 Å². The predicted molar refractivity (Wildman–Crippen MR) is 47.3 cm³/mol. The molecule has 0 fully saturated rings. The summed E-state index contributed by atoms with van der Waals surface area (Å²) >= 11 is 0. The van der Waals surface area contributed by atoms with E-state index in [1.165, 1.54) is 0 Å². The van der Waals surface area contributed by atoms with Crippen molar-refractivity contribution in [1.82, 2.24) is 15.0 Å². The van der Waals surface area contributed by atoms with Gasteiger partial charge in [-0.2, -0.15) is 31.6 Å². The van der Waals surface area contributed by atoms with Gasteiger partial charge < -0.3 is 14.4 Å². The second kappa shape index (κ2) is 4.99. The molecule has 0 aliphatic carbocycles. The van der Waals surface area contributed by atoms with E-state index in [4.69, 9.17) is 10.2 Å². The summed E-state index contributed by atoms with van der Waals surface area (Å²) in [4.78, 5) is 9.61. The maximum atomic E-state index is 12.0. The topological polar surface area (TPSA) is 123 Å². The van der Waals surface area contributed by atoms with Gasteiger partial charge in [0.25, 0.3) is 0 Å². The molecular weight excluding hydrogens is 283 g/mol. The third-order valence-corrected chi connectivity index (χ3v) is 2.39. The molecule has 0 atom stereocenters. The van der Waals surface area contributed by atoms with Crippen LogP contribution in [0.5, 0.6) is 6.01 Å². The summed E-state index contributed by atoms with van der Waals surface area (Å²) in [5.41, 5.74) is -5.64. The molecule has 0 bridgehead atoms. The summed E-state index contributed by atoms with van der Waals surface area (Å²) in [5, 5.41) is 17.4. The molecule has 2 N–H and O–H groups in total. The lowest BCUT2D eigenvalue weighted by atomic mass is 10.6. The molecule has 0 aliphatic heterocycles. The molecule has 12 heteroatoms. The number of rotatable bonds is 4. The zero-order valence-electron chi connectivity index (χ0n) is 8.42. The van der Waals surface area contributed by atoms with E-state index < -0.39 is 46.5 Å². The molecule has 102 valence electrons. The van der Waals surface area contributed by atoms with E-state index in [2.05, 4.69) is 19.1 Å². The SMILES string of the molecule is O=S(=O)(Oc1nc(CO)nc(CO)n1)C(F)(F)F. The van der Waals surface area contributed by atoms with Gasteiger partial charge in [-0.1, -0.05) is 0 Å². The minimum atomic E-state index is -5.92. The normalized spacial score (nSPS) is 12.5. The number of alkyl halides is 3. The van der Waals surface area contributed by atoms with E-state index in [-0.39, 0.29) is 0 Å². The van der Waals surface area contributed by atoms with Crippen LogP contribution in [0.2, 0.25) is 0 Å². The van der Waals surface area contributed by atoms with Gasteiger partial charge in [0.1, 0.15) is 13.2 Å². The van der Waals surface area contributed by atoms with Crippen LogP contribution in [0, 0.1) is 0 Å². The van der Waals surface area contributed by atoms with Gasteiger partial charge in [-0.15, -0.1) is 0 Å².